The lowest BCUT2D eigenvalue weighted by atomic mass is 9.91. The number of aromatic nitrogens is 1. The van der Waals surface area contributed by atoms with Crippen molar-refractivity contribution in [3.05, 3.63) is 60.5 Å². The normalized spacial score (nSPS) is 10.0. The molecule has 25 heavy (non-hydrogen) atoms. The van der Waals surface area contributed by atoms with E-state index < -0.39 is 0 Å². The zero-order valence-corrected chi connectivity index (χ0v) is 17.0. The molecule has 2 nitrogen and oxygen atoms in total. The molecule has 0 fully saturated rings. The van der Waals surface area contributed by atoms with Gasteiger partial charge >= 0.3 is 0 Å². The number of carbonyl (C=O) groups is 1. The van der Waals surface area contributed by atoms with Crippen molar-refractivity contribution in [1.29, 1.82) is 0 Å². The van der Waals surface area contributed by atoms with Gasteiger partial charge in [-0.25, -0.2) is 0 Å². The van der Waals surface area contributed by atoms with E-state index in [1.165, 1.54) is 31.4 Å². The Hall–Kier alpha value is -1.23. The largest absolute Gasteiger partial charge is 0.293 e. The highest BCUT2D eigenvalue weighted by Crippen LogP contribution is 2.29. The first-order valence-electron chi connectivity index (χ1n) is 7.95. The second kappa shape index (κ2) is 9.46. The zero-order valence-electron chi connectivity index (χ0n) is 14.8. The molecule has 0 spiro atoms. The second-order valence-corrected chi connectivity index (χ2v) is 7.45. The van der Waals surface area contributed by atoms with Crippen LogP contribution in [0.5, 0.6) is 0 Å². The molecule has 1 aromatic heterocycles. The van der Waals surface area contributed by atoms with Crippen molar-refractivity contribution in [1.82, 2.24) is 4.98 Å². The number of rotatable bonds is 4. The predicted molar refractivity (Wildman–Crippen MR) is 118 cm³/mol. The number of halogens is 1. The molecule has 0 aliphatic rings. The molecular formula is C22H32INO. The molecule has 1 heterocycles. The van der Waals surface area contributed by atoms with E-state index in [4.69, 9.17) is 0 Å². The summed E-state index contributed by atoms with van der Waals surface area (Å²) in [5.74, 6) is 0.0442. The van der Waals surface area contributed by atoms with Gasteiger partial charge in [-0.05, 0) is 109 Å². The average molecular weight is 453 g/mol. The van der Waals surface area contributed by atoms with Crippen LogP contribution in [0.4, 0.5) is 0 Å². The van der Waals surface area contributed by atoms with Crippen molar-refractivity contribution in [2.45, 2.75) is 69.2 Å². The Kier molecular flexibility index (Phi) is 9.00. The fourth-order valence-corrected chi connectivity index (χ4v) is 4.12. The van der Waals surface area contributed by atoms with Crippen molar-refractivity contribution in [2.75, 3.05) is 0 Å². The Labute approximate surface area is 167 Å². The predicted octanol–water partition coefficient (Wildman–Crippen LogP) is 6.49. The summed E-state index contributed by atoms with van der Waals surface area (Å²) in [5.41, 5.74) is 9.70. The number of benzene rings is 1. The molecule has 138 valence electrons. The third-order valence-electron chi connectivity index (χ3n) is 4.82. The Balaban J connectivity index is 0.00000288. The van der Waals surface area contributed by atoms with E-state index in [1.54, 1.807) is 13.1 Å². The fraction of sp³-hybridized carbons (Fsp3) is 0.455. The minimum Gasteiger partial charge on any atom is -0.293 e. The summed E-state index contributed by atoms with van der Waals surface area (Å²) in [6.45, 7) is 12.4. The van der Waals surface area contributed by atoms with E-state index in [-0.39, 0.29) is 20.6 Å². The summed E-state index contributed by atoms with van der Waals surface area (Å²) in [7, 11) is 0. The van der Waals surface area contributed by atoms with Gasteiger partial charge < -0.3 is 0 Å². The maximum Gasteiger partial charge on any atom is 0.178 e. The first-order chi connectivity index (χ1) is 10.7. The Morgan fingerprint density at radius 3 is 2.08 bits per heavy atom. The summed E-state index contributed by atoms with van der Waals surface area (Å²) in [6.07, 6.45) is 3.56. The molecule has 0 aliphatic heterocycles. The molecule has 1 aromatic carbocycles. The van der Waals surface area contributed by atoms with Gasteiger partial charge in [-0.15, -0.1) is 0 Å². The van der Waals surface area contributed by atoms with Crippen LogP contribution < -0.4 is 0 Å². The fourth-order valence-electron chi connectivity index (χ4n) is 3.04. The molecule has 0 saturated heterocycles. The first-order valence-corrected chi connectivity index (χ1v) is 9.03. The molecule has 0 N–H and O–H groups in total. The number of hydrogen-bond acceptors (Lipinski definition) is 2. The summed E-state index contributed by atoms with van der Waals surface area (Å²) in [4.78, 5) is 16.1. The van der Waals surface area contributed by atoms with Gasteiger partial charge in [0.25, 0.3) is 0 Å². The molecule has 0 atom stereocenters. The topological polar surface area (TPSA) is 30.0 Å². The number of carbonyl (C=O) groups excluding carboxylic acids is 1. The van der Waals surface area contributed by atoms with Crippen molar-refractivity contribution in [3.63, 3.8) is 0 Å². The van der Waals surface area contributed by atoms with Gasteiger partial charge in [-0.3, -0.25) is 9.78 Å². The minimum absolute atomic E-state index is 0. The summed E-state index contributed by atoms with van der Waals surface area (Å²) in [5, 5.41) is 0. The SMILES string of the molecule is C.C.CC(=O)c1ncc(C)cc1CCc1c(C)c(C)c(C)c(C)c1I. The van der Waals surface area contributed by atoms with Crippen LogP contribution in [-0.2, 0) is 12.8 Å². The van der Waals surface area contributed by atoms with Gasteiger partial charge in [0.1, 0.15) is 5.69 Å². The van der Waals surface area contributed by atoms with Gasteiger partial charge in [0.15, 0.2) is 5.78 Å². The van der Waals surface area contributed by atoms with E-state index in [9.17, 15) is 4.79 Å². The third-order valence-corrected chi connectivity index (χ3v) is 6.28. The van der Waals surface area contributed by atoms with Crippen LogP contribution in [0.1, 0.15) is 71.2 Å². The van der Waals surface area contributed by atoms with Gasteiger partial charge in [0.2, 0.25) is 0 Å². The van der Waals surface area contributed by atoms with Crippen LogP contribution in [0.2, 0.25) is 0 Å². The molecule has 0 amide bonds. The van der Waals surface area contributed by atoms with Crippen LogP contribution in [0.15, 0.2) is 12.3 Å². The molecule has 2 rings (SSSR count). The standard InChI is InChI=1S/C20H24INO.2CH4/c1-11-9-17(20(16(6)23)22-10-11)7-8-18-14(4)12(2)13(3)15(5)19(18)21;;/h9-10H,7-8H2,1-6H3;2*1H4. The number of pyridine rings is 1. The minimum atomic E-state index is 0. The van der Waals surface area contributed by atoms with Crippen LogP contribution in [0.3, 0.4) is 0 Å². The van der Waals surface area contributed by atoms with Crippen molar-refractivity contribution < 1.29 is 4.79 Å². The quantitative estimate of drug-likeness (QED) is 0.391. The number of nitrogens with zero attached hydrogens (tertiary/aromatic N) is 1. The van der Waals surface area contributed by atoms with E-state index in [2.05, 4.69) is 61.3 Å². The van der Waals surface area contributed by atoms with E-state index in [1.807, 2.05) is 6.92 Å². The monoisotopic (exact) mass is 453 g/mol. The smallest absolute Gasteiger partial charge is 0.178 e. The number of aryl methyl sites for hydroxylation is 2. The third kappa shape index (κ3) is 4.90. The summed E-state index contributed by atoms with van der Waals surface area (Å²) in [6, 6.07) is 2.10. The maximum absolute atomic E-state index is 11.8. The van der Waals surface area contributed by atoms with E-state index in [0.29, 0.717) is 5.69 Å². The van der Waals surface area contributed by atoms with Crippen molar-refractivity contribution >= 4 is 28.4 Å². The van der Waals surface area contributed by atoms with E-state index >= 15 is 0 Å². The molecule has 0 unspecified atom stereocenters. The highest BCUT2D eigenvalue weighted by molar-refractivity contribution is 14.1. The van der Waals surface area contributed by atoms with Crippen LogP contribution in [0, 0.1) is 38.2 Å². The van der Waals surface area contributed by atoms with Crippen molar-refractivity contribution in [2.24, 2.45) is 0 Å². The molecule has 0 bridgehead atoms. The molecule has 3 heteroatoms. The molecule has 0 aliphatic carbocycles. The highest BCUT2D eigenvalue weighted by atomic mass is 127. The summed E-state index contributed by atoms with van der Waals surface area (Å²) >= 11 is 2.46. The Bertz CT molecular complexity index is 749. The molecule has 0 radical (unpaired) electrons. The molecular weight excluding hydrogens is 421 g/mol. The first kappa shape index (κ1) is 23.8. The lowest BCUT2D eigenvalue weighted by Crippen LogP contribution is -2.08. The number of ketones is 1. The lowest BCUT2D eigenvalue weighted by molar-refractivity contribution is 0.101. The maximum atomic E-state index is 11.8. The van der Waals surface area contributed by atoms with Gasteiger partial charge in [-0.2, -0.15) is 0 Å². The van der Waals surface area contributed by atoms with Crippen molar-refractivity contribution in [3.8, 4) is 0 Å². The average Bonchev–Trinajstić information content (AvgIpc) is 2.50. The van der Waals surface area contributed by atoms with Gasteiger partial charge in [-0.1, -0.05) is 20.9 Å². The number of hydrogen-bond donors (Lipinski definition) is 0. The van der Waals surface area contributed by atoms with Gasteiger partial charge in [0.05, 0.1) is 0 Å². The van der Waals surface area contributed by atoms with Gasteiger partial charge in [0, 0.05) is 16.7 Å². The van der Waals surface area contributed by atoms with Crippen LogP contribution >= 0.6 is 22.6 Å². The van der Waals surface area contributed by atoms with Crippen LogP contribution in [0.25, 0.3) is 0 Å². The zero-order chi connectivity index (χ0) is 17.3. The Morgan fingerprint density at radius 1 is 0.960 bits per heavy atom. The number of Topliss-reactive ketones (excluding diaryl/α,β-unsaturated/α-hetero) is 1. The summed E-state index contributed by atoms with van der Waals surface area (Å²) < 4.78 is 1.35. The van der Waals surface area contributed by atoms with E-state index in [0.717, 1.165) is 24.0 Å². The molecule has 2 aromatic rings. The lowest BCUT2D eigenvalue weighted by Gasteiger charge is -2.18. The highest BCUT2D eigenvalue weighted by Gasteiger charge is 2.15. The van der Waals surface area contributed by atoms with Crippen LogP contribution in [-0.4, -0.2) is 10.8 Å². The molecule has 0 saturated carbocycles. The Morgan fingerprint density at radius 2 is 1.52 bits per heavy atom. The second-order valence-electron chi connectivity index (χ2n) is 6.37.